The number of anilines is 1. The lowest BCUT2D eigenvalue weighted by atomic mass is 10.2. The summed E-state index contributed by atoms with van der Waals surface area (Å²) in [4.78, 5) is 17.8. The fourth-order valence-corrected chi connectivity index (χ4v) is 1.37. The minimum absolute atomic E-state index is 0.218. The third-order valence-electron chi connectivity index (χ3n) is 2.49. The molecule has 0 saturated heterocycles. The molecule has 16 heavy (non-hydrogen) atoms. The van der Waals surface area contributed by atoms with Gasteiger partial charge in [0.25, 0.3) is 5.56 Å². The minimum atomic E-state index is -0.218. The van der Waals surface area contributed by atoms with Crippen molar-refractivity contribution in [2.75, 3.05) is 5.32 Å². The van der Waals surface area contributed by atoms with Gasteiger partial charge < -0.3 is 10.3 Å². The summed E-state index contributed by atoms with van der Waals surface area (Å²) in [6.07, 6.45) is 4.82. The molecule has 0 bridgehead atoms. The summed E-state index contributed by atoms with van der Waals surface area (Å²) < 4.78 is 1.79. The molecule has 0 amide bonds. The second-order valence-electron chi connectivity index (χ2n) is 3.50. The summed E-state index contributed by atoms with van der Waals surface area (Å²) in [5.74, 6) is 0.325. The molecule has 0 aliphatic carbocycles. The van der Waals surface area contributed by atoms with Gasteiger partial charge in [-0.1, -0.05) is 0 Å². The fraction of sp³-hybridized carbons (Fsp3) is 0.300. The molecule has 0 atom stereocenters. The monoisotopic (exact) mass is 219 g/mol. The van der Waals surface area contributed by atoms with E-state index >= 15 is 0 Å². The SMILES string of the molecule is Cc1c(CNc2ncc[nH]c2=O)cnn1C. The summed E-state index contributed by atoms with van der Waals surface area (Å²) in [5.41, 5.74) is 1.90. The molecule has 0 saturated carbocycles. The number of hydrogen-bond acceptors (Lipinski definition) is 4. The Kier molecular flexibility index (Phi) is 2.72. The van der Waals surface area contributed by atoms with Crippen LogP contribution in [0.2, 0.25) is 0 Å². The van der Waals surface area contributed by atoms with Gasteiger partial charge in [0.05, 0.1) is 6.20 Å². The largest absolute Gasteiger partial charge is 0.361 e. The van der Waals surface area contributed by atoms with E-state index < -0.39 is 0 Å². The normalized spacial score (nSPS) is 10.4. The molecule has 2 heterocycles. The number of aryl methyl sites for hydroxylation is 1. The number of hydrogen-bond donors (Lipinski definition) is 2. The van der Waals surface area contributed by atoms with Crippen LogP contribution in [0.5, 0.6) is 0 Å². The molecule has 0 radical (unpaired) electrons. The summed E-state index contributed by atoms with van der Waals surface area (Å²) in [5, 5.41) is 7.10. The van der Waals surface area contributed by atoms with Crippen LogP contribution in [0, 0.1) is 6.92 Å². The van der Waals surface area contributed by atoms with Crippen LogP contribution in [0.4, 0.5) is 5.82 Å². The maximum atomic E-state index is 11.3. The molecule has 2 rings (SSSR count). The van der Waals surface area contributed by atoms with Gasteiger partial charge in [-0.25, -0.2) is 4.98 Å². The van der Waals surface area contributed by atoms with E-state index in [4.69, 9.17) is 0 Å². The summed E-state index contributed by atoms with van der Waals surface area (Å²) in [7, 11) is 1.88. The molecule has 0 aliphatic rings. The van der Waals surface area contributed by atoms with Crippen LogP contribution in [0.15, 0.2) is 23.4 Å². The highest BCUT2D eigenvalue weighted by atomic mass is 16.1. The molecule has 0 fully saturated rings. The molecule has 84 valence electrons. The zero-order valence-corrected chi connectivity index (χ0v) is 9.19. The molecule has 2 N–H and O–H groups in total. The molecule has 6 nitrogen and oxygen atoms in total. The molecule has 2 aromatic heterocycles. The van der Waals surface area contributed by atoms with Crippen molar-refractivity contribution < 1.29 is 0 Å². The lowest BCUT2D eigenvalue weighted by Gasteiger charge is -2.03. The van der Waals surface area contributed by atoms with Gasteiger partial charge in [0.15, 0.2) is 5.82 Å². The minimum Gasteiger partial charge on any atom is -0.361 e. The lowest BCUT2D eigenvalue weighted by Crippen LogP contribution is -2.15. The second-order valence-corrected chi connectivity index (χ2v) is 3.50. The van der Waals surface area contributed by atoms with Crippen molar-refractivity contribution in [3.8, 4) is 0 Å². The molecule has 0 spiro atoms. The van der Waals surface area contributed by atoms with E-state index in [1.165, 1.54) is 6.20 Å². The third-order valence-corrected chi connectivity index (χ3v) is 2.49. The van der Waals surface area contributed by atoms with Gasteiger partial charge in [-0.05, 0) is 6.92 Å². The molecule has 0 unspecified atom stereocenters. The first-order chi connectivity index (χ1) is 7.68. The van der Waals surface area contributed by atoms with Crippen LogP contribution < -0.4 is 10.9 Å². The average Bonchev–Trinajstić information content (AvgIpc) is 2.59. The highest BCUT2D eigenvalue weighted by molar-refractivity contribution is 5.32. The predicted molar refractivity (Wildman–Crippen MR) is 60.1 cm³/mol. The van der Waals surface area contributed by atoms with E-state index in [0.29, 0.717) is 12.4 Å². The zero-order valence-electron chi connectivity index (χ0n) is 9.19. The Morgan fingerprint density at radius 1 is 1.56 bits per heavy atom. The summed E-state index contributed by atoms with van der Waals surface area (Å²) >= 11 is 0. The number of aromatic amines is 1. The van der Waals surface area contributed by atoms with Gasteiger partial charge in [0, 0.05) is 37.2 Å². The molecule has 2 aromatic rings. The molecule has 6 heteroatoms. The third kappa shape index (κ3) is 1.95. The number of nitrogens with one attached hydrogen (secondary N) is 2. The molecular weight excluding hydrogens is 206 g/mol. The number of rotatable bonds is 3. The van der Waals surface area contributed by atoms with Crippen molar-refractivity contribution in [1.82, 2.24) is 19.7 Å². The summed E-state index contributed by atoms with van der Waals surface area (Å²) in [6, 6.07) is 0. The van der Waals surface area contributed by atoms with Gasteiger partial charge in [-0.3, -0.25) is 9.48 Å². The predicted octanol–water partition coefficient (Wildman–Crippen LogP) is 0.424. The van der Waals surface area contributed by atoms with Gasteiger partial charge in [-0.2, -0.15) is 5.10 Å². The first-order valence-electron chi connectivity index (χ1n) is 4.93. The standard InChI is InChI=1S/C10H13N5O/c1-7-8(6-14-15(7)2)5-13-9-10(16)12-4-3-11-9/h3-4,6H,5H2,1-2H3,(H,11,13)(H,12,16). The van der Waals surface area contributed by atoms with E-state index in [0.717, 1.165) is 11.3 Å². The van der Waals surface area contributed by atoms with E-state index in [1.54, 1.807) is 17.1 Å². The van der Waals surface area contributed by atoms with Gasteiger partial charge in [-0.15, -0.1) is 0 Å². The molecule has 0 aromatic carbocycles. The Morgan fingerprint density at radius 2 is 2.38 bits per heavy atom. The Morgan fingerprint density at radius 3 is 3.00 bits per heavy atom. The van der Waals surface area contributed by atoms with Crippen LogP contribution >= 0.6 is 0 Å². The van der Waals surface area contributed by atoms with Crippen LogP contribution in [0.25, 0.3) is 0 Å². The van der Waals surface area contributed by atoms with Gasteiger partial charge >= 0.3 is 0 Å². The lowest BCUT2D eigenvalue weighted by molar-refractivity contribution is 0.738. The highest BCUT2D eigenvalue weighted by Gasteiger charge is 2.04. The fourth-order valence-electron chi connectivity index (χ4n) is 1.37. The summed E-state index contributed by atoms with van der Waals surface area (Å²) in [6.45, 7) is 2.52. The van der Waals surface area contributed by atoms with E-state index in [9.17, 15) is 4.79 Å². The van der Waals surface area contributed by atoms with E-state index in [-0.39, 0.29) is 5.56 Å². The van der Waals surface area contributed by atoms with Crippen LogP contribution in [0.1, 0.15) is 11.3 Å². The van der Waals surface area contributed by atoms with Crippen LogP contribution in [-0.2, 0) is 13.6 Å². The smallest absolute Gasteiger partial charge is 0.290 e. The van der Waals surface area contributed by atoms with Crippen molar-refractivity contribution >= 4 is 5.82 Å². The Hall–Kier alpha value is -2.11. The van der Waals surface area contributed by atoms with Crippen molar-refractivity contribution in [3.63, 3.8) is 0 Å². The maximum Gasteiger partial charge on any atom is 0.290 e. The second kappa shape index (κ2) is 4.18. The van der Waals surface area contributed by atoms with Crippen molar-refractivity contribution in [2.45, 2.75) is 13.5 Å². The Labute approximate surface area is 92.3 Å². The van der Waals surface area contributed by atoms with Crippen molar-refractivity contribution in [3.05, 3.63) is 40.2 Å². The Bertz CT molecular complexity index is 542. The van der Waals surface area contributed by atoms with Crippen molar-refractivity contribution in [1.29, 1.82) is 0 Å². The highest BCUT2D eigenvalue weighted by Crippen LogP contribution is 2.06. The Balaban J connectivity index is 2.11. The molecule has 0 aliphatic heterocycles. The zero-order chi connectivity index (χ0) is 11.5. The van der Waals surface area contributed by atoms with Gasteiger partial charge in [0.2, 0.25) is 0 Å². The van der Waals surface area contributed by atoms with Crippen LogP contribution in [-0.4, -0.2) is 19.7 Å². The number of H-pyrrole nitrogens is 1. The van der Waals surface area contributed by atoms with Crippen LogP contribution in [0.3, 0.4) is 0 Å². The number of aromatic nitrogens is 4. The first kappa shape index (κ1) is 10.4. The molecular formula is C10H13N5O. The maximum absolute atomic E-state index is 11.3. The van der Waals surface area contributed by atoms with E-state index in [2.05, 4.69) is 20.4 Å². The topological polar surface area (TPSA) is 75.6 Å². The average molecular weight is 219 g/mol. The first-order valence-corrected chi connectivity index (χ1v) is 4.93. The van der Waals surface area contributed by atoms with Gasteiger partial charge in [0.1, 0.15) is 0 Å². The quantitative estimate of drug-likeness (QED) is 0.784. The van der Waals surface area contributed by atoms with Crippen molar-refractivity contribution in [2.24, 2.45) is 7.05 Å². The number of nitrogens with zero attached hydrogens (tertiary/aromatic N) is 3. The van der Waals surface area contributed by atoms with E-state index in [1.807, 2.05) is 14.0 Å².